The predicted octanol–water partition coefficient (Wildman–Crippen LogP) is 4.25. The van der Waals surface area contributed by atoms with Gasteiger partial charge in [-0.2, -0.15) is 0 Å². The largest absolute Gasteiger partial charge is 0.352 e. The summed E-state index contributed by atoms with van der Waals surface area (Å²) in [4.78, 5) is 31.3. The number of halogens is 1. The summed E-state index contributed by atoms with van der Waals surface area (Å²) in [5.74, 6) is 1.34. The summed E-state index contributed by atoms with van der Waals surface area (Å²) in [6, 6.07) is 11.9. The van der Waals surface area contributed by atoms with Gasteiger partial charge in [0.15, 0.2) is 5.82 Å². The topological polar surface area (TPSA) is 62.2 Å². The molecule has 4 heterocycles. The van der Waals surface area contributed by atoms with Crippen LogP contribution in [-0.2, 0) is 13.0 Å². The Morgan fingerprint density at radius 3 is 2.72 bits per heavy atom. The van der Waals surface area contributed by atoms with Gasteiger partial charge in [0.05, 0.1) is 6.04 Å². The van der Waals surface area contributed by atoms with Crippen LogP contribution in [0.2, 0.25) is 0 Å². The molecule has 0 spiro atoms. The minimum Gasteiger partial charge on any atom is -0.352 e. The average Bonchev–Trinajstić information content (AvgIpc) is 3.31. The van der Waals surface area contributed by atoms with E-state index in [1.54, 1.807) is 12.3 Å². The lowest BCUT2D eigenvalue weighted by Gasteiger charge is -2.32. The number of hydrogen-bond donors (Lipinski definition) is 0. The third-order valence-electron chi connectivity index (χ3n) is 6.35. The first-order valence-electron chi connectivity index (χ1n) is 11.2. The molecule has 1 saturated heterocycles. The Morgan fingerprint density at radius 1 is 1.09 bits per heavy atom. The number of hydrogen-bond acceptors (Lipinski definition) is 5. The first-order valence-corrected chi connectivity index (χ1v) is 11.2. The van der Waals surface area contributed by atoms with Crippen LogP contribution in [0.3, 0.4) is 0 Å². The predicted molar refractivity (Wildman–Crippen MR) is 120 cm³/mol. The summed E-state index contributed by atoms with van der Waals surface area (Å²) in [7, 11) is 0. The van der Waals surface area contributed by atoms with Crippen LogP contribution in [0.15, 0.2) is 48.7 Å². The van der Waals surface area contributed by atoms with E-state index in [0.29, 0.717) is 24.6 Å². The molecule has 2 aromatic heterocycles. The molecule has 164 valence electrons. The number of aryl methyl sites for hydroxylation is 1. The highest BCUT2D eigenvalue weighted by Gasteiger charge is 2.34. The fourth-order valence-electron chi connectivity index (χ4n) is 4.74. The van der Waals surface area contributed by atoms with E-state index in [0.717, 1.165) is 49.3 Å². The number of rotatable bonds is 4. The molecule has 1 amide bonds. The highest BCUT2D eigenvalue weighted by molar-refractivity contribution is 5.92. The van der Waals surface area contributed by atoms with E-state index in [9.17, 15) is 9.18 Å². The van der Waals surface area contributed by atoms with Crippen molar-refractivity contribution in [2.24, 2.45) is 0 Å². The van der Waals surface area contributed by atoms with Gasteiger partial charge in [-0.05, 0) is 62.4 Å². The second-order valence-corrected chi connectivity index (χ2v) is 8.49. The van der Waals surface area contributed by atoms with Crippen LogP contribution < -0.4 is 4.90 Å². The fraction of sp³-hybridized carbons (Fsp3) is 0.360. The summed E-state index contributed by atoms with van der Waals surface area (Å²) < 4.78 is 13.3. The van der Waals surface area contributed by atoms with Gasteiger partial charge in [-0.1, -0.05) is 18.2 Å². The molecule has 1 aromatic carbocycles. The lowest BCUT2D eigenvalue weighted by Crippen LogP contribution is -2.34. The van der Waals surface area contributed by atoms with Crippen LogP contribution in [0.5, 0.6) is 0 Å². The van der Waals surface area contributed by atoms with Crippen molar-refractivity contribution < 1.29 is 9.18 Å². The smallest absolute Gasteiger partial charge is 0.273 e. The van der Waals surface area contributed by atoms with E-state index in [-0.39, 0.29) is 17.8 Å². The van der Waals surface area contributed by atoms with Crippen molar-refractivity contribution in [2.75, 3.05) is 18.0 Å². The van der Waals surface area contributed by atoms with Gasteiger partial charge in [-0.25, -0.2) is 14.4 Å². The van der Waals surface area contributed by atoms with Gasteiger partial charge in [0, 0.05) is 37.1 Å². The van der Waals surface area contributed by atoms with Crippen molar-refractivity contribution in [2.45, 2.75) is 45.2 Å². The molecule has 2 aliphatic rings. The molecule has 0 bridgehead atoms. The first-order chi connectivity index (χ1) is 15.6. The molecular formula is C25H26FN5O. The lowest BCUT2D eigenvalue weighted by atomic mass is 10.0. The highest BCUT2D eigenvalue weighted by Crippen LogP contribution is 2.35. The summed E-state index contributed by atoms with van der Waals surface area (Å²) >= 11 is 0. The number of anilines is 1. The maximum atomic E-state index is 13.3. The van der Waals surface area contributed by atoms with Gasteiger partial charge in [0.1, 0.15) is 17.3 Å². The second kappa shape index (κ2) is 8.65. The van der Waals surface area contributed by atoms with E-state index in [2.05, 4.69) is 9.88 Å². The highest BCUT2D eigenvalue weighted by atomic mass is 19.1. The van der Waals surface area contributed by atoms with Gasteiger partial charge in [0.2, 0.25) is 0 Å². The Hall–Kier alpha value is -3.35. The fourth-order valence-corrected chi connectivity index (χ4v) is 4.74. The number of nitrogens with zero attached hydrogens (tertiary/aromatic N) is 5. The molecule has 32 heavy (non-hydrogen) atoms. The van der Waals surface area contributed by atoms with E-state index in [1.165, 1.54) is 17.7 Å². The van der Waals surface area contributed by atoms with Gasteiger partial charge in [-0.3, -0.25) is 9.78 Å². The zero-order chi connectivity index (χ0) is 22.1. The van der Waals surface area contributed by atoms with Crippen LogP contribution in [0.1, 0.15) is 58.4 Å². The normalized spacial score (nSPS) is 18.0. The number of carbonyl (C=O) groups excluding carboxylic acids is 1. The third-order valence-corrected chi connectivity index (χ3v) is 6.35. The van der Waals surface area contributed by atoms with Crippen molar-refractivity contribution in [1.82, 2.24) is 19.9 Å². The van der Waals surface area contributed by atoms with E-state index >= 15 is 0 Å². The van der Waals surface area contributed by atoms with Crippen molar-refractivity contribution in [3.8, 4) is 0 Å². The van der Waals surface area contributed by atoms with Crippen LogP contribution in [0.4, 0.5) is 10.2 Å². The maximum absolute atomic E-state index is 13.3. The molecule has 0 aliphatic carbocycles. The standard InChI is InChI=1S/C25H26FN5O/c1-17-20-6-4-14-30(16-18-9-11-19(26)12-10-18)24(20)29-23(28-17)22-8-5-15-31(22)25(32)21-7-2-3-13-27-21/h2-3,7,9-13,22H,4-6,8,14-16H2,1H3/t22-/m1/s1. The third kappa shape index (κ3) is 3.95. The SMILES string of the molecule is Cc1nc([C@H]2CCCN2C(=O)c2ccccn2)nc2c1CCCN2Cc1ccc(F)cc1. The van der Waals surface area contributed by atoms with Crippen LogP contribution in [0.25, 0.3) is 0 Å². The number of amides is 1. The summed E-state index contributed by atoms with van der Waals surface area (Å²) in [6.07, 6.45) is 5.38. The van der Waals surface area contributed by atoms with E-state index in [1.807, 2.05) is 36.1 Å². The van der Waals surface area contributed by atoms with Gasteiger partial charge in [-0.15, -0.1) is 0 Å². The number of benzene rings is 1. The van der Waals surface area contributed by atoms with Gasteiger partial charge < -0.3 is 9.80 Å². The molecule has 0 saturated carbocycles. The Kier molecular flexibility index (Phi) is 5.55. The monoisotopic (exact) mass is 431 g/mol. The van der Waals surface area contributed by atoms with Gasteiger partial charge >= 0.3 is 0 Å². The zero-order valence-electron chi connectivity index (χ0n) is 18.2. The number of likely N-dealkylation sites (tertiary alicyclic amines) is 1. The molecule has 6 nitrogen and oxygen atoms in total. The van der Waals surface area contributed by atoms with Crippen LogP contribution in [-0.4, -0.2) is 38.8 Å². The molecule has 0 N–H and O–H groups in total. The van der Waals surface area contributed by atoms with Crippen molar-refractivity contribution in [1.29, 1.82) is 0 Å². The molecule has 0 radical (unpaired) electrons. The number of aromatic nitrogens is 3. The Morgan fingerprint density at radius 2 is 1.94 bits per heavy atom. The Balaban J connectivity index is 1.46. The first kappa shape index (κ1) is 20.5. The van der Waals surface area contributed by atoms with Crippen molar-refractivity contribution in [3.63, 3.8) is 0 Å². The van der Waals surface area contributed by atoms with Crippen LogP contribution in [0, 0.1) is 12.7 Å². The number of fused-ring (bicyclic) bond motifs is 1. The average molecular weight is 432 g/mol. The van der Waals surface area contributed by atoms with E-state index in [4.69, 9.17) is 9.97 Å². The molecule has 2 aliphatic heterocycles. The minimum absolute atomic E-state index is 0.0738. The molecule has 3 aromatic rings. The summed E-state index contributed by atoms with van der Waals surface area (Å²) in [6.45, 7) is 4.27. The molecule has 1 fully saturated rings. The summed E-state index contributed by atoms with van der Waals surface area (Å²) in [5.41, 5.74) is 3.64. The zero-order valence-corrected chi connectivity index (χ0v) is 18.2. The molecule has 1 atom stereocenters. The molecule has 5 rings (SSSR count). The minimum atomic E-state index is -0.229. The molecule has 0 unspecified atom stereocenters. The quantitative estimate of drug-likeness (QED) is 0.618. The van der Waals surface area contributed by atoms with Crippen molar-refractivity contribution >= 4 is 11.7 Å². The van der Waals surface area contributed by atoms with Crippen molar-refractivity contribution in [3.05, 3.63) is 82.8 Å². The number of pyridine rings is 1. The summed E-state index contributed by atoms with van der Waals surface area (Å²) in [5, 5.41) is 0. The maximum Gasteiger partial charge on any atom is 0.273 e. The van der Waals surface area contributed by atoms with Crippen LogP contribution >= 0.6 is 0 Å². The molecular weight excluding hydrogens is 405 g/mol. The number of carbonyl (C=O) groups is 1. The second-order valence-electron chi connectivity index (χ2n) is 8.49. The Bertz CT molecular complexity index is 1120. The molecule has 7 heteroatoms. The lowest BCUT2D eigenvalue weighted by molar-refractivity contribution is 0.0723. The van der Waals surface area contributed by atoms with E-state index < -0.39 is 0 Å². The van der Waals surface area contributed by atoms with Gasteiger partial charge in [0.25, 0.3) is 5.91 Å². The Labute approximate surface area is 187 Å².